The third kappa shape index (κ3) is 2.25. The molecule has 0 saturated heterocycles. The largest absolute Gasteiger partial charge is 0.352 e. The van der Waals surface area contributed by atoms with E-state index in [1.807, 2.05) is 0 Å². The van der Waals surface area contributed by atoms with Crippen molar-refractivity contribution < 1.29 is 18.0 Å². The van der Waals surface area contributed by atoms with Gasteiger partial charge in [0.1, 0.15) is 11.4 Å². The Bertz CT molecular complexity index is 789. The molecule has 2 saturated carbocycles. The van der Waals surface area contributed by atoms with Gasteiger partial charge in [-0.25, -0.2) is 12.7 Å². The van der Waals surface area contributed by atoms with Crippen LogP contribution in [0.2, 0.25) is 0 Å². The van der Waals surface area contributed by atoms with E-state index >= 15 is 0 Å². The first-order valence-corrected chi connectivity index (χ1v) is 9.36. The molecule has 2 fully saturated rings. The standard InChI is InChI=1S/C16H18N2O4S/c19-15(17-13-8-10-5-6-11(13)7-10)9-18-16(20)12-3-1-2-4-14(12)23(18,21)22/h1-4,10-11,13H,5-9H2,(H,17,19)/t10-,11+,13+/m0/s1. The van der Waals surface area contributed by atoms with Crippen LogP contribution in [0.4, 0.5) is 0 Å². The molecule has 6 nitrogen and oxygen atoms in total. The molecule has 1 N–H and O–H groups in total. The zero-order valence-electron chi connectivity index (χ0n) is 12.6. The van der Waals surface area contributed by atoms with Crippen molar-refractivity contribution in [2.45, 2.75) is 36.6 Å². The lowest BCUT2D eigenvalue weighted by Crippen LogP contribution is -2.45. The second kappa shape index (κ2) is 5.06. The predicted molar refractivity (Wildman–Crippen MR) is 82.0 cm³/mol. The summed E-state index contributed by atoms with van der Waals surface area (Å²) >= 11 is 0. The summed E-state index contributed by atoms with van der Waals surface area (Å²) in [6, 6.07) is 6.19. The summed E-state index contributed by atoms with van der Waals surface area (Å²) in [6.07, 6.45) is 4.47. The molecule has 2 amide bonds. The monoisotopic (exact) mass is 334 g/mol. The second-order valence-electron chi connectivity index (χ2n) is 6.66. The smallest absolute Gasteiger partial charge is 0.269 e. The number of nitrogens with one attached hydrogen (secondary N) is 1. The Labute approximate surface area is 134 Å². The Morgan fingerprint density at radius 3 is 2.65 bits per heavy atom. The normalized spacial score (nSPS) is 30.5. The van der Waals surface area contributed by atoms with Crippen molar-refractivity contribution in [2.24, 2.45) is 11.8 Å². The van der Waals surface area contributed by atoms with Crippen molar-refractivity contribution in [3.8, 4) is 0 Å². The van der Waals surface area contributed by atoms with E-state index in [9.17, 15) is 18.0 Å². The Morgan fingerprint density at radius 2 is 2.00 bits per heavy atom. The minimum atomic E-state index is -3.91. The van der Waals surface area contributed by atoms with E-state index in [0.717, 1.165) is 19.3 Å². The fourth-order valence-electron chi connectivity index (χ4n) is 4.19. The van der Waals surface area contributed by atoms with E-state index in [0.29, 0.717) is 16.1 Å². The van der Waals surface area contributed by atoms with E-state index < -0.39 is 28.4 Å². The molecule has 0 unspecified atom stereocenters. The average Bonchev–Trinajstić information content (AvgIpc) is 3.18. The number of sulfonamides is 1. The zero-order chi connectivity index (χ0) is 16.2. The lowest BCUT2D eigenvalue weighted by Gasteiger charge is -2.24. The van der Waals surface area contributed by atoms with Crippen LogP contribution in [0.5, 0.6) is 0 Å². The van der Waals surface area contributed by atoms with Crippen LogP contribution in [-0.4, -0.2) is 37.1 Å². The van der Waals surface area contributed by atoms with Gasteiger partial charge in [-0.05, 0) is 43.2 Å². The molecule has 2 aliphatic carbocycles. The molecule has 122 valence electrons. The molecule has 1 aromatic rings. The number of carbonyl (C=O) groups is 2. The quantitative estimate of drug-likeness (QED) is 0.898. The maximum absolute atomic E-state index is 12.4. The van der Waals surface area contributed by atoms with E-state index in [4.69, 9.17) is 0 Å². The number of amides is 2. The molecule has 2 bridgehead atoms. The van der Waals surface area contributed by atoms with Gasteiger partial charge in [0.25, 0.3) is 15.9 Å². The second-order valence-corrected chi connectivity index (χ2v) is 8.49. The molecular formula is C16H18N2O4S. The van der Waals surface area contributed by atoms with Gasteiger partial charge in [0, 0.05) is 6.04 Å². The van der Waals surface area contributed by atoms with E-state index in [1.54, 1.807) is 12.1 Å². The number of carbonyl (C=O) groups excluding carboxylic acids is 2. The van der Waals surface area contributed by atoms with Gasteiger partial charge in [-0.3, -0.25) is 9.59 Å². The molecule has 7 heteroatoms. The Kier molecular flexibility index (Phi) is 3.23. The van der Waals surface area contributed by atoms with Crippen LogP contribution < -0.4 is 5.32 Å². The highest BCUT2D eigenvalue weighted by Crippen LogP contribution is 2.44. The maximum atomic E-state index is 12.4. The van der Waals surface area contributed by atoms with Crippen LogP contribution in [-0.2, 0) is 14.8 Å². The first-order valence-electron chi connectivity index (χ1n) is 7.92. The van der Waals surface area contributed by atoms with Crippen LogP contribution in [0.15, 0.2) is 29.2 Å². The van der Waals surface area contributed by atoms with Crippen LogP contribution in [0.3, 0.4) is 0 Å². The number of benzene rings is 1. The Hall–Kier alpha value is -1.89. The van der Waals surface area contributed by atoms with Crippen LogP contribution >= 0.6 is 0 Å². The summed E-state index contributed by atoms with van der Waals surface area (Å²) < 4.78 is 25.5. The highest BCUT2D eigenvalue weighted by molar-refractivity contribution is 7.90. The summed E-state index contributed by atoms with van der Waals surface area (Å²) in [6.45, 7) is -0.441. The van der Waals surface area contributed by atoms with Crippen molar-refractivity contribution in [1.29, 1.82) is 0 Å². The predicted octanol–water partition coefficient (Wildman–Crippen LogP) is 1.14. The third-order valence-corrected chi connectivity index (χ3v) is 7.07. The number of rotatable bonds is 3. The summed E-state index contributed by atoms with van der Waals surface area (Å²) in [4.78, 5) is 24.5. The first kappa shape index (κ1) is 14.7. The molecule has 3 aliphatic rings. The SMILES string of the molecule is O=C(CN1C(=O)c2ccccc2S1(=O)=O)N[C@@H]1C[C@H]2CC[C@@H]1C2. The molecular weight excluding hydrogens is 316 g/mol. The average molecular weight is 334 g/mol. The summed E-state index contributed by atoms with van der Waals surface area (Å²) in [5, 5.41) is 2.93. The highest BCUT2D eigenvalue weighted by Gasteiger charge is 2.43. The lowest BCUT2D eigenvalue weighted by molar-refractivity contribution is -0.122. The number of fused-ring (bicyclic) bond motifs is 3. The van der Waals surface area contributed by atoms with Gasteiger partial charge in [0.05, 0.1) is 5.56 Å². The van der Waals surface area contributed by atoms with Crippen molar-refractivity contribution in [2.75, 3.05) is 6.54 Å². The van der Waals surface area contributed by atoms with Crippen molar-refractivity contribution >= 4 is 21.8 Å². The number of hydrogen-bond acceptors (Lipinski definition) is 4. The van der Waals surface area contributed by atoms with Crippen molar-refractivity contribution in [3.05, 3.63) is 29.8 Å². The first-order chi connectivity index (χ1) is 11.0. The van der Waals surface area contributed by atoms with Crippen LogP contribution in [0.1, 0.15) is 36.0 Å². The van der Waals surface area contributed by atoms with Crippen molar-refractivity contribution in [3.63, 3.8) is 0 Å². The number of hydrogen-bond donors (Lipinski definition) is 1. The molecule has 1 aromatic carbocycles. The summed E-state index contributed by atoms with van der Waals surface area (Å²) in [7, 11) is -3.91. The molecule has 1 aliphatic heterocycles. The molecule has 1 heterocycles. The molecule has 0 radical (unpaired) electrons. The van der Waals surface area contributed by atoms with Gasteiger partial charge >= 0.3 is 0 Å². The maximum Gasteiger partial charge on any atom is 0.269 e. The third-order valence-electron chi connectivity index (χ3n) is 5.28. The fourth-order valence-corrected chi connectivity index (χ4v) is 5.72. The van der Waals surface area contributed by atoms with Gasteiger partial charge in [-0.2, -0.15) is 0 Å². The van der Waals surface area contributed by atoms with E-state index in [-0.39, 0.29) is 16.5 Å². The van der Waals surface area contributed by atoms with Gasteiger partial charge in [0.15, 0.2) is 0 Å². The van der Waals surface area contributed by atoms with E-state index in [2.05, 4.69) is 5.32 Å². The summed E-state index contributed by atoms with van der Waals surface area (Å²) in [5.74, 6) is 0.176. The molecule has 23 heavy (non-hydrogen) atoms. The van der Waals surface area contributed by atoms with Crippen LogP contribution in [0.25, 0.3) is 0 Å². The fraction of sp³-hybridized carbons (Fsp3) is 0.500. The lowest BCUT2D eigenvalue weighted by atomic mass is 9.95. The Balaban J connectivity index is 1.49. The minimum Gasteiger partial charge on any atom is -0.352 e. The van der Waals surface area contributed by atoms with Crippen LogP contribution in [0, 0.1) is 11.8 Å². The molecule has 0 aromatic heterocycles. The Morgan fingerprint density at radius 1 is 1.22 bits per heavy atom. The minimum absolute atomic E-state index is 0.0160. The van der Waals surface area contributed by atoms with Gasteiger partial charge in [-0.15, -0.1) is 0 Å². The van der Waals surface area contributed by atoms with Gasteiger partial charge in [-0.1, -0.05) is 18.6 Å². The summed E-state index contributed by atoms with van der Waals surface area (Å²) in [5.41, 5.74) is 0.139. The number of nitrogens with zero attached hydrogens (tertiary/aromatic N) is 1. The zero-order valence-corrected chi connectivity index (χ0v) is 13.4. The van der Waals surface area contributed by atoms with Crippen molar-refractivity contribution in [1.82, 2.24) is 9.62 Å². The van der Waals surface area contributed by atoms with Gasteiger partial charge in [0.2, 0.25) is 5.91 Å². The molecule has 3 atom stereocenters. The molecule has 4 rings (SSSR count). The molecule has 0 spiro atoms. The highest BCUT2D eigenvalue weighted by atomic mass is 32.2. The van der Waals surface area contributed by atoms with E-state index in [1.165, 1.54) is 18.6 Å². The van der Waals surface area contributed by atoms with Gasteiger partial charge < -0.3 is 5.32 Å². The topological polar surface area (TPSA) is 83.6 Å².